The van der Waals surface area contributed by atoms with Crippen molar-refractivity contribution in [2.24, 2.45) is 0 Å². The molecule has 2 nitrogen and oxygen atoms in total. The minimum atomic E-state index is -2.22. The van der Waals surface area contributed by atoms with Gasteiger partial charge in [0.2, 0.25) is 6.43 Å². The van der Waals surface area contributed by atoms with Crippen LogP contribution in [0.25, 0.3) is 0 Å². The predicted octanol–water partition coefficient (Wildman–Crippen LogP) is 2.59. The second kappa shape index (κ2) is 7.09. The van der Waals surface area contributed by atoms with Crippen molar-refractivity contribution < 1.29 is 19.0 Å². The van der Waals surface area contributed by atoms with E-state index in [1.54, 1.807) is 12.1 Å². The molecular formula is C13H16F2O2-2. The van der Waals surface area contributed by atoms with Gasteiger partial charge in [0, 0.05) is 6.42 Å². The first kappa shape index (κ1) is 13.7. The molecule has 1 aromatic rings. The lowest BCUT2D eigenvalue weighted by Crippen LogP contribution is -2.03. The summed E-state index contributed by atoms with van der Waals surface area (Å²) in [6.07, 6.45) is 1.13. The van der Waals surface area contributed by atoms with E-state index in [1.165, 1.54) is 6.07 Å². The van der Waals surface area contributed by atoms with Crippen LogP contribution in [0.3, 0.4) is 0 Å². The number of aryl methyl sites for hydroxylation is 1. The molecule has 0 spiro atoms. The molecule has 0 bridgehead atoms. The number of benzene rings is 1. The van der Waals surface area contributed by atoms with Gasteiger partial charge in [-0.05, 0) is 19.3 Å². The molecule has 0 heterocycles. The van der Waals surface area contributed by atoms with Gasteiger partial charge >= 0.3 is 0 Å². The summed E-state index contributed by atoms with van der Waals surface area (Å²) in [5.74, 6) is -0.903. The fraction of sp³-hybridized carbons (Fsp3) is 0.538. The fourth-order valence-corrected chi connectivity index (χ4v) is 1.73. The molecule has 4 heteroatoms. The summed E-state index contributed by atoms with van der Waals surface area (Å²) in [6, 6.07) is 4.49. The minimum absolute atomic E-state index is 0.0527. The Bertz CT molecular complexity index is 340. The van der Waals surface area contributed by atoms with E-state index in [1.807, 2.05) is 0 Å². The second-order valence-corrected chi connectivity index (χ2v) is 4.09. The molecule has 1 rings (SSSR count). The van der Waals surface area contributed by atoms with Gasteiger partial charge in [0.1, 0.15) is 0 Å². The van der Waals surface area contributed by atoms with Gasteiger partial charge in [0.25, 0.3) is 0 Å². The molecule has 0 aromatic heterocycles. The first-order valence-corrected chi connectivity index (χ1v) is 5.85. The van der Waals surface area contributed by atoms with Crippen LogP contribution in [0.5, 0.6) is 11.5 Å². The summed E-state index contributed by atoms with van der Waals surface area (Å²) in [5.41, 5.74) is 0.534. The first-order valence-electron chi connectivity index (χ1n) is 5.85. The normalized spacial score (nSPS) is 11.0. The van der Waals surface area contributed by atoms with Crippen molar-refractivity contribution in [2.45, 2.75) is 45.0 Å². The predicted molar refractivity (Wildman–Crippen MR) is 58.1 cm³/mol. The number of para-hydroxylation sites is 1. The van der Waals surface area contributed by atoms with E-state index < -0.39 is 17.9 Å². The van der Waals surface area contributed by atoms with Crippen molar-refractivity contribution in [1.82, 2.24) is 0 Å². The molecule has 0 aliphatic heterocycles. The van der Waals surface area contributed by atoms with Crippen molar-refractivity contribution in [3.63, 3.8) is 0 Å². The van der Waals surface area contributed by atoms with Gasteiger partial charge in [-0.25, -0.2) is 8.78 Å². The maximum atomic E-state index is 11.8. The highest BCUT2D eigenvalue weighted by Gasteiger charge is 2.01. The third-order valence-corrected chi connectivity index (χ3v) is 2.68. The average Bonchev–Trinajstić information content (AvgIpc) is 2.28. The second-order valence-electron chi connectivity index (χ2n) is 4.09. The molecule has 0 aliphatic carbocycles. The fourth-order valence-electron chi connectivity index (χ4n) is 1.73. The quantitative estimate of drug-likeness (QED) is 0.690. The third-order valence-electron chi connectivity index (χ3n) is 2.68. The highest BCUT2D eigenvalue weighted by Crippen LogP contribution is 2.24. The van der Waals surface area contributed by atoms with E-state index in [9.17, 15) is 19.0 Å². The van der Waals surface area contributed by atoms with Crippen molar-refractivity contribution in [2.75, 3.05) is 0 Å². The van der Waals surface area contributed by atoms with Crippen molar-refractivity contribution >= 4 is 0 Å². The van der Waals surface area contributed by atoms with Crippen LogP contribution < -0.4 is 10.2 Å². The molecule has 0 N–H and O–H groups in total. The molecule has 17 heavy (non-hydrogen) atoms. The lowest BCUT2D eigenvalue weighted by atomic mass is 10.0. The molecule has 0 saturated heterocycles. The van der Waals surface area contributed by atoms with E-state index in [4.69, 9.17) is 0 Å². The van der Waals surface area contributed by atoms with Crippen molar-refractivity contribution in [3.8, 4) is 11.5 Å². The minimum Gasteiger partial charge on any atom is -0.873 e. The molecular weight excluding hydrogens is 226 g/mol. The molecule has 96 valence electrons. The number of unbranched alkanes of at least 4 members (excludes halogenated alkanes) is 3. The monoisotopic (exact) mass is 242 g/mol. The standard InChI is InChI=1S/C13H18F2O2/c14-12(15)9-4-2-1-3-6-10-7-5-8-11(16)13(10)17/h5,7-8,12,16-17H,1-4,6,9H2/p-2. The molecule has 0 aliphatic rings. The zero-order chi connectivity index (χ0) is 12.7. The zero-order valence-electron chi connectivity index (χ0n) is 9.62. The van der Waals surface area contributed by atoms with Gasteiger partial charge < -0.3 is 10.2 Å². The Morgan fingerprint density at radius 3 is 2.41 bits per heavy atom. The Hall–Kier alpha value is -1.32. The Balaban J connectivity index is 2.20. The smallest absolute Gasteiger partial charge is 0.238 e. The summed E-state index contributed by atoms with van der Waals surface area (Å²) in [7, 11) is 0. The molecule has 0 atom stereocenters. The van der Waals surface area contributed by atoms with Gasteiger partial charge in [0.15, 0.2) is 0 Å². The summed E-state index contributed by atoms with van der Waals surface area (Å²) in [5, 5.41) is 22.4. The van der Waals surface area contributed by atoms with E-state index in [-0.39, 0.29) is 6.42 Å². The molecule has 0 amide bonds. The van der Waals surface area contributed by atoms with Crippen LogP contribution in [0.15, 0.2) is 18.2 Å². The first-order chi connectivity index (χ1) is 8.11. The van der Waals surface area contributed by atoms with Crippen molar-refractivity contribution in [1.29, 1.82) is 0 Å². The van der Waals surface area contributed by atoms with Gasteiger partial charge in [-0.3, -0.25) is 0 Å². The Morgan fingerprint density at radius 2 is 1.71 bits per heavy atom. The zero-order valence-corrected chi connectivity index (χ0v) is 9.62. The van der Waals surface area contributed by atoms with E-state index in [2.05, 4.69) is 0 Å². The number of hydrogen-bond acceptors (Lipinski definition) is 2. The summed E-state index contributed by atoms with van der Waals surface area (Å²) in [6.45, 7) is 0. The van der Waals surface area contributed by atoms with Crippen LogP contribution in [-0.2, 0) is 6.42 Å². The summed E-state index contributed by atoms with van der Waals surface area (Å²) < 4.78 is 23.7. The van der Waals surface area contributed by atoms with Crippen LogP contribution in [0.1, 0.15) is 37.7 Å². The lowest BCUT2D eigenvalue weighted by molar-refractivity contribution is -0.318. The highest BCUT2D eigenvalue weighted by atomic mass is 19.3. The maximum Gasteiger partial charge on any atom is 0.238 e. The van der Waals surface area contributed by atoms with Crippen LogP contribution >= 0.6 is 0 Å². The Kier molecular flexibility index (Phi) is 5.73. The molecule has 0 unspecified atom stereocenters. The Morgan fingerprint density at radius 1 is 1.00 bits per heavy atom. The van der Waals surface area contributed by atoms with Gasteiger partial charge in [-0.1, -0.05) is 36.6 Å². The largest absolute Gasteiger partial charge is 0.873 e. The number of hydrogen-bond donors (Lipinski definition) is 0. The Labute approximate surface area is 99.9 Å². The van der Waals surface area contributed by atoms with E-state index in [0.717, 1.165) is 19.3 Å². The van der Waals surface area contributed by atoms with Gasteiger partial charge in [0.05, 0.1) is 0 Å². The average molecular weight is 242 g/mol. The van der Waals surface area contributed by atoms with E-state index in [0.29, 0.717) is 18.4 Å². The topological polar surface area (TPSA) is 46.1 Å². The van der Waals surface area contributed by atoms with Gasteiger partial charge in [-0.2, -0.15) is 0 Å². The van der Waals surface area contributed by atoms with Crippen molar-refractivity contribution in [3.05, 3.63) is 23.8 Å². The number of alkyl halides is 2. The molecule has 0 fully saturated rings. The van der Waals surface area contributed by atoms with Crippen LogP contribution in [0.2, 0.25) is 0 Å². The van der Waals surface area contributed by atoms with Crippen LogP contribution in [-0.4, -0.2) is 6.43 Å². The molecule has 0 radical (unpaired) electrons. The highest BCUT2D eigenvalue weighted by molar-refractivity contribution is 5.42. The summed E-state index contributed by atoms with van der Waals surface area (Å²) in [4.78, 5) is 0. The maximum absolute atomic E-state index is 11.8. The molecule has 0 saturated carbocycles. The van der Waals surface area contributed by atoms with Crippen LogP contribution in [0.4, 0.5) is 8.78 Å². The van der Waals surface area contributed by atoms with Crippen LogP contribution in [0, 0.1) is 0 Å². The number of halogens is 2. The van der Waals surface area contributed by atoms with Gasteiger partial charge in [-0.15, -0.1) is 11.5 Å². The molecule has 1 aromatic carbocycles. The SMILES string of the molecule is [O-]c1cccc(CCCCCCC(F)F)c1[O-]. The third kappa shape index (κ3) is 5.02. The number of rotatable bonds is 7. The lowest BCUT2D eigenvalue weighted by Gasteiger charge is -2.21. The summed E-state index contributed by atoms with van der Waals surface area (Å²) >= 11 is 0. The van der Waals surface area contributed by atoms with E-state index >= 15 is 0 Å².